The molecule has 0 radical (unpaired) electrons. The fourth-order valence-electron chi connectivity index (χ4n) is 3.19. The lowest BCUT2D eigenvalue weighted by Gasteiger charge is -2.24. The first-order valence-electron chi connectivity index (χ1n) is 8.96. The van der Waals surface area contributed by atoms with Crippen molar-refractivity contribution in [2.45, 2.75) is 42.9 Å². The van der Waals surface area contributed by atoms with Gasteiger partial charge in [0.25, 0.3) is 10.0 Å². The van der Waals surface area contributed by atoms with Crippen LogP contribution in [0.3, 0.4) is 0 Å². The van der Waals surface area contributed by atoms with E-state index >= 15 is 0 Å². The van der Waals surface area contributed by atoms with E-state index in [0.29, 0.717) is 17.1 Å². The number of carbonyl (C=O) groups excluding carboxylic acids is 1. The van der Waals surface area contributed by atoms with Gasteiger partial charge in [-0.1, -0.05) is 18.0 Å². The summed E-state index contributed by atoms with van der Waals surface area (Å²) in [7, 11) is -2.26. The van der Waals surface area contributed by atoms with Gasteiger partial charge in [0.15, 0.2) is 0 Å². The Hall–Kier alpha value is -1.97. The highest BCUT2D eigenvalue weighted by molar-refractivity contribution is 7.90. The predicted octanol–water partition coefficient (Wildman–Crippen LogP) is 3.39. The van der Waals surface area contributed by atoms with Crippen molar-refractivity contribution in [2.75, 3.05) is 0 Å². The zero-order valence-corrected chi connectivity index (χ0v) is 17.6. The van der Waals surface area contributed by atoms with Gasteiger partial charge < -0.3 is 0 Å². The van der Waals surface area contributed by atoms with Gasteiger partial charge in [-0.3, -0.25) is 9.48 Å². The number of thiazole rings is 1. The molecule has 1 saturated carbocycles. The maximum Gasteiger partial charge on any atom is 0.267 e. The van der Waals surface area contributed by atoms with Crippen molar-refractivity contribution >= 4 is 49.1 Å². The number of nitrogens with zero attached hydrogens (tertiary/aromatic N) is 3. The normalized spacial score (nSPS) is 14.9. The van der Waals surface area contributed by atoms with Crippen molar-refractivity contribution in [1.29, 1.82) is 0 Å². The Morgan fingerprint density at radius 1 is 1.39 bits per heavy atom. The number of amides is 1. The third-order valence-electron chi connectivity index (χ3n) is 4.81. The van der Waals surface area contributed by atoms with Crippen LogP contribution in [0, 0.1) is 0 Å². The molecule has 0 bridgehead atoms. The quantitative estimate of drug-likeness (QED) is 0.636. The van der Waals surface area contributed by atoms with Crippen LogP contribution in [-0.4, -0.2) is 29.1 Å². The van der Waals surface area contributed by atoms with Crippen molar-refractivity contribution in [2.24, 2.45) is 7.05 Å². The highest BCUT2D eigenvalue weighted by Crippen LogP contribution is 2.38. The topological polar surface area (TPSA) is 94.0 Å². The average Bonchev–Trinajstić information content (AvgIpc) is 3.14. The number of nitrogens with one attached hydrogen (secondary N) is 1. The molecule has 0 atom stereocenters. The molecule has 3 aromatic rings. The van der Waals surface area contributed by atoms with Crippen molar-refractivity contribution in [3.63, 3.8) is 0 Å². The minimum absolute atomic E-state index is 0.0335. The third-order valence-corrected chi connectivity index (χ3v) is 7.53. The summed E-state index contributed by atoms with van der Waals surface area (Å²) >= 11 is 7.43. The molecule has 0 spiro atoms. The summed E-state index contributed by atoms with van der Waals surface area (Å²) in [6, 6.07) is 5.44. The van der Waals surface area contributed by atoms with E-state index in [1.165, 1.54) is 22.2 Å². The summed E-state index contributed by atoms with van der Waals surface area (Å²) in [5.41, 5.74) is 1.33. The number of aryl methyl sites for hydroxylation is 2. The highest BCUT2D eigenvalue weighted by atomic mass is 35.5. The van der Waals surface area contributed by atoms with E-state index in [2.05, 4.69) is 14.8 Å². The monoisotopic (exact) mass is 438 g/mol. The molecule has 148 valence electrons. The Morgan fingerprint density at radius 3 is 2.89 bits per heavy atom. The second-order valence-electron chi connectivity index (χ2n) is 6.93. The van der Waals surface area contributed by atoms with Gasteiger partial charge in [-0.05, 0) is 31.0 Å². The Labute approximate surface area is 171 Å². The Bertz CT molecular complexity index is 1150. The first-order valence-corrected chi connectivity index (χ1v) is 11.6. The van der Waals surface area contributed by atoms with E-state index in [4.69, 9.17) is 11.6 Å². The van der Waals surface area contributed by atoms with Crippen LogP contribution in [0.15, 0.2) is 29.3 Å². The van der Waals surface area contributed by atoms with Crippen LogP contribution < -0.4 is 4.72 Å². The van der Waals surface area contributed by atoms with E-state index < -0.39 is 15.9 Å². The first kappa shape index (κ1) is 19.4. The molecule has 4 rings (SSSR count). The Morgan fingerprint density at radius 2 is 2.18 bits per heavy atom. The number of aromatic nitrogens is 3. The molecule has 1 aliphatic rings. The summed E-state index contributed by atoms with van der Waals surface area (Å²) in [4.78, 5) is 16.8. The van der Waals surface area contributed by atoms with Gasteiger partial charge in [0.2, 0.25) is 5.91 Å². The molecule has 7 nitrogen and oxygen atoms in total. The average molecular weight is 439 g/mol. The van der Waals surface area contributed by atoms with Gasteiger partial charge in [-0.25, -0.2) is 18.1 Å². The van der Waals surface area contributed by atoms with Crippen LogP contribution in [0.1, 0.15) is 42.3 Å². The van der Waals surface area contributed by atoms with E-state index in [9.17, 15) is 13.2 Å². The van der Waals surface area contributed by atoms with Gasteiger partial charge in [0.05, 0.1) is 20.9 Å². The van der Waals surface area contributed by atoms with Gasteiger partial charge >= 0.3 is 0 Å². The highest BCUT2D eigenvalue weighted by Gasteiger charge is 2.31. The lowest BCUT2D eigenvalue weighted by Crippen LogP contribution is -2.31. The van der Waals surface area contributed by atoms with Crippen molar-refractivity contribution in [3.05, 3.63) is 40.1 Å². The van der Waals surface area contributed by atoms with Crippen LogP contribution in [0.4, 0.5) is 0 Å². The fraction of sp³-hybridized carbons (Fsp3) is 0.389. The zero-order valence-electron chi connectivity index (χ0n) is 15.2. The molecule has 2 aromatic heterocycles. The minimum Gasteiger partial charge on any atom is -0.274 e. The number of carbonyl (C=O) groups is 1. The molecule has 1 N–H and O–H groups in total. The molecule has 1 aromatic carbocycles. The van der Waals surface area contributed by atoms with Crippen LogP contribution >= 0.6 is 22.9 Å². The maximum absolute atomic E-state index is 12.7. The maximum atomic E-state index is 12.7. The Kier molecular flexibility index (Phi) is 5.15. The second-order valence-corrected chi connectivity index (χ2v) is 10.1. The first-order chi connectivity index (χ1) is 13.3. The zero-order chi connectivity index (χ0) is 19.9. The summed E-state index contributed by atoms with van der Waals surface area (Å²) in [6.45, 7) is 0. The van der Waals surface area contributed by atoms with E-state index in [0.717, 1.165) is 34.5 Å². The molecular weight excluding hydrogens is 420 g/mol. The number of fused-ring (bicyclic) bond motifs is 1. The van der Waals surface area contributed by atoms with Gasteiger partial charge in [-0.2, -0.15) is 5.10 Å². The predicted molar refractivity (Wildman–Crippen MR) is 108 cm³/mol. The largest absolute Gasteiger partial charge is 0.274 e. The summed E-state index contributed by atoms with van der Waals surface area (Å²) in [5, 5.41) is 5.67. The van der Waals surface area contributed by atoms with Gasteiger partial charge in [-0.15, -0.1) is 11.3 Å². The van der Waals surface area contributed by atoms with E-state index in [1.807, 2.05) is 6.07 Å². The molecule has 1 fully saturated rings. The standard InChI is InChI=1S/C18H19ClN4O3S2/c1-23-10-15(18(21-23)11-3-2-4-11)28(25,26)22-16(24)7-8-17-20-13-9-12(19)5-6-14(13)27-17/h5-6,9-11H,2-4,7-8H2,1H3,(H,22,24). The SMILES string of the molecule is Cn1cc(S(=O)(=O)NC(=O)CCc2nc3cc(Cl)ccc3s2)c(C2CCC2)n1. The van der Waals surface area contributed by atoms with Crippen molar-refractivity contribution < 1.29 is 13.2 Å². The fourth-order valence-corrected chi connectivity index (χ4v) is 5.59. The lowest BCUT2D eigenvalue weighted by atomic mass is 9.83. The van der Waals surface area contributed by atoms with Crippen LogP contribution in [0.25, 0.3) is 10.2 Å². The molecule has 1 aliphatic carbocycles. The molecular formula is C18H19ClN4O3S2. The van der Waals surface area contributed by atoms with Crippen LogP contribution in [0.5, 0.6) is 0 Å². The molecule has 0 aliphatic heterocycles. The second kappa shape index (κ2) is 7.46. The number of rotatable bonds is 6. The molecule has 2 heterocycles. The van der Waals surface area contributed by atoms with E-state index in [-0.39, 0.29) is 17.2 Å². The number of sulfonamides is 1. The molecule has 0 saturated heterocycles. The van der Waals surface area contributed by atoms with Crippen LogP contribution in [0.2, 0.25) is 5.02 Å². The van der Waals surface area contributed by atoms with Gasteiger partial charge in [0.1, 0.15) is 4.90 Å². The Balaban J connectivity index is 1.44. The van der Waals surface area contributed by atoms with E-state index in [1.54, 1.807) is 19.2 Å². The number of hydrogen-bond donors (Lipinski definition) is 1. The molecule has 10 heteroatoms. The smallest absolute Gasteiger partial charge is 0.267 e. The molecule has 1 amide bonds. The minimum atomic E-state index is -3.94. The number of halogens is 1. The number of benzene rings is 1. The van der Waals surface area contributed by atoms with Crippen molar-refractivity contribution in [1.82, 2.24) is 19.5 Å². The lowest BCUT2D eigenvalue weighted by molar-refractivity contribution is -0.119. The van der Waals surface area contributed by atoms with Gasteiger partial charge in [0, 0.05) is 37.0 Å². The summed E-state index contributed by atoms with van der Waals surface area (Å²) < 4.78 is 30.0. The molecule has 0 unspecified atom stereocenters. The van der Waals surface area contributed by atoms with Crippen molar-refractivity contribution in [3.8, 4) is 0 Å². The molecule has 28 heavy (non-hydrogen) atoms. The summed E-state index contributed by atoms with van der Waals surface area (Å²) in [6.07, 6.45) is 4.78. The third kappa shape index (κ3) is 3.92. The summed E-state index contributed by atoms with van der Waals surface area (Å²) in [5.74, 6) is -0.404. The van der Waals surface area contributed by atoms with Crippen LogP contribution in [-0.2, 0) is 28.3 Å². The number of hydrogen-bond acceptors (Lipinski definition) is 6.